The molecule has 1 unspecified atom stereocenters. The lowest BCUT2D eigenvalue weighted by Crippen LogP contribution is -2.45. The number of phosphoric acid groups is 1. The number of phosphoric ester groups is 1. The molecule has 0 rings (SSSR count). The number of amides is 1. The van der Waals surface area contributed by atoms with E-state index in [2.05, 4.69) is 37.4 Å². The van der Waals surface area contributed by atoms with Gasteiger partial charge in [-0.15, -0.1) is 0 Å². The van der Waals surface area contributed by atoms with E-state index < -0.39 is 20.0 Å². The number of nitrogens with one attached hydrogen (secondary N) is 1. The summed E-state index contributed by atoms with van der Waals surface area (Å²) in [5, 5.41) is 13.5. The molecular weight excluding hydrogens is 611 g/mol. The molecule has 0 heterocycles. The maximum absolute atomic E-state index is 12.7. The van der Waals surface area contributed by atoms with Gasteiger partial charge in [0.05, 0.1) is 25.4 Å². The Morgan fingerprint density at radius 3 is 1.68 bits per heavy atom. The molecule has 0 aromatic carbocycles. The summed E-state index contributed by atoms with van der Waals surface area (Å²) in [7, 11) is -4.34. The van der Waals surface area contributed by atoms with Crippen molar-refractivity contribution in [3.63, 3.8) is 0 Å². The number of hydrogen-bond donors (Lipinski definition) is 4. The molecule has 1 amide bonds. The fraction of sp³-hybridized carbons (Fsp3) is 0.816. The van der Waals surface area contributed by atoms with Gasteiger partial charge in [-0.1, -0.05) is 153 Å². The first kappa shape index (κ1) is 45.7. The van der Waals surface area contributed by atoms with Gasteiger partial charge in [0.15, 0.2) is 0 Å². The Labute approximate surface area is 289 Å². The van der Waals surface area contributed by atoms with Crippen molar-refractivity contribution in [1.82, 2.24) is 5.32 Å². The van der Waals surface area contributed by atoms with Crippen molar-refractivity contribution < 1.29 is 28.4 Å². The van der Waals surface area contributed by atoms with E-state index >= 15 is 0 Å². The fourth-order valence-electron chi connectivity index (χ4n) is 5.30. The fourth-order valence-corrected chi connectivity index (χ4v) is 6.06. The molecule has 0 aromatic heterocycles. The summed E-state index contributed by atoms with van der Waals surface area (Å²) in [6.45, 7) is 4.03. The SMILES string of the molecule is CCCCCCC/C=C/C=C/[C@@H](O)[C@H](COP(=O)(O)OCCN)NC(=O)CCCCCCCCCCC/C=C\CCCCCCCC. The molecule has 0 saturated heterocycles. The highest BCUT2D eigenvalue weighted by atomic mass is 31.2. The molecule has 0 radical (unpaired) electrons. The van der Waals surface area contributed by atoms with Crippen LogP contribution in [0.1, 0.15) is 168 Å². The number of hydrogen-bond acceptors (Lipinski definition) is 6. The molecule has 0 aromatic rings. The standard InChI is InChI=1S/C38H73N2O6P/c1-3-5-7-9-11-13-14-15-16-17-18-19-20-21-22-24-26-28-30-32-38(42)40-36(35-46-47(43,44)45-34-33-39)37(41)31-29-27-25-23-12-10-8-6-4-2/h15-16,25,27,29,31,36-37,41H,3-14,17-24,26,28,30,32-35,39H2,1-2H3,(H,40,42)(H,43,44)/b16-15-,27-25+,31-29+/t36-,37+/m0/s1. The van der Waals surface area contributed by atoms with E-state index in [0.29, 0.717) is 6.42 Å². The molecule has 47 heavy (non-hydrogen) atoms. The van der Waals surface area contributed by atoms with Crippen LogP contribution in [0.5, 0.6) is 0 Å². The normalized spacial score (nSPS) is 14.7. The van der Waals surface area contributed by atoms with Crippen LogP contribution >= 0.6 is 7.82 Å². The van der Waals surface area contributed by atoms with Gasteiger partial charge in [-0.3, -0.25) is 13.8 Å². The molecule has 3 atom stereocenters. The molecule has 0 saturated carbocycles. The zero-order chi connectivity index (χ0) is 34.7. The number of carbonyl (C=O) groups is 1. The average Bonchev–Trinajstić information content (AvgIpc) is 3.05. The van der Waals surface area contributed by atoms with Gasteiger partial charge in [-0.25, -0.2) is 4.57 Å². The largest absolute Gasteiger partial charge is 0.472 e. The van der Waals surface area contributed by atoms with Gasteiger partial charge in [0.25, 0.3) is 0 Å². The van der Waals surface area contributed by atoms with E-state index in [0.717, 1.165) is 32.1 Å². The lowest BCUT2D eigenvalue weighted by atomic mass is 10.0. The Balaban J connectivity index is 4.21. The highest BCUT2D eigenvalue weighted by molar-refractivity contribution is 7.47. The second kappa shape index (κ2) is 34.6. The van der Waals surface area contributed by atoms with Crippen molar-refractivity contribution in [2.24, 2.45) is 5.73 Å². The molecule has 0 aliphatic rings. The Hall–Kier alpha value is -1.28. The van der Waals surface area contributed by atoms with Crippen molar-refractivity contribution in [2.45, 2.75) is 180 Å². The summed E-state index contributed by atoms with van der Waals surface area (Å²) in [6, 6.07) is -0.890. The Morgan fingerprint density at radius 1 is 0.702 bits per heavy atom. The van der Waals surface area contributed by atoms with Gasteiger partial charge in [-0.2, -0.15) is 0 Å². The number of aliphatic hydroxyl groups excluding tert-OH is 1. The zero-order valence-electron chi connectivity index (χ0n) is 30.3. The van der Waals surface area contributed by atoms with Crippen molar-refractivity contribution in [3.05, 3.63) is 36.5 Å². The summed E-state index contributed by atoms with van der Waals surface area (Å²) in [5.41, 5.74) is 5.34. The second-order valence-electron chi connectivity index (χ2n) is 12.8. The number of unbranched alkanes of at least 4 members (excludes halogenated alkanes) is 20. The predicted molar refractivity (Wildman–Crippen MR) is 198 cm³/mol. The van der Waals surface area contributed by atoms with Gasteiger partial charge in [-0.05, 0) is 44.9 Å². The van der Waals surface area contributed by atoms with Crippen LogP contribution in [0.25, 0.3) is 0 Å². The minimum Gasteiger partial charge on any atom is -0.387 e. The van der Waals surface area contributed by atoms with E-state index in [4.69, 9.17) is 14.8 Å². The second-order valence-corrected chi connectivity index (χ2v) is 14.3. The topological polar surface area (TPSA) is 131 Å². The van der Waals surface area contributed by atoms with Crippen molar-refractivity contribution in [3.8, 4) is 0 Å². The van der Waals surface area contributed by atoms with Crippen LogP contribution in [0.2, 0.25) is 0 Å². The summed E-state index contributed by atoms with van der Waals surface area (Å²) in [6.07, 6.45) is 39.3. The maximum Gasteiger partial charge on any atom is 0.472 e. The monoisotopic (exact) mass is 685 g/mol. The lowest BCUT2D eigenvalue weighted by molar-refractivity contribution is -0.123. The van der Waals surface area contributed by atoms with E-state index in [9.17, 15) is 19.4 Å². The third kappa shape index (κ3) is 33.0. The van der Waals surface area contributed by atoms with E-state index in [-0.39, 0.29) is 25.7 Å². The van der Waals surface area contributed by atoms with Crippen LogP contribution in [0.15, 0.2) is 36.5 Å². The molecular formula is C38H73N2O6P. The minimum absolute atomic E-state index is 0.0711. The number of rotatable bonds is 35. The van der Waals surface area contributed by atoms with Gasteiger partial charge in [0, 0.05) is 13.0 Å². The molecule has 0 bridgehead atoms. The van der Waals surface area contributed by atoms with Crippen LogP contribution in [-0.2, 0) is 18.4 Å². The summed E-state index contributed by atoms with van der Waals surface area (Å²) in [5.74, 6) is -0.217. The quantitative estimate of drug-likeness (QED) is 0.0226. The first-order chi connectivity index (χ1) is 22.9. The van der Waals surface area contributed by atoms with Crippen LogP contribution in [0.3, 0.4) is 0 Å². The molecule has 0 spiro atoms. The molecule has 276 valence electrons. The number of nitrogens with two attached hydrogens (primary N) is 1. The molecule has 8 nitrogen and oxygen atoms in total. The average molecular weight is 685 g/mol. The molecule has 9 heteroatoms. The third-order valence-corrected chi connectivity index (χ3v) is 9.23. The van der Waals surface area contributed by atoms with E-state index in [1.807, 2.05) is 6.08 Å². The first-order valence-corrected chi connectivity index (χ1v) is 20.6. The summed E-state index contributed by atoms with van der Waals surface area (Å²) in [4.78, 5) is 22.5. The predicted octanol–water partition coefficient (Wildman–Crippen LogP) is 10.00. The van der Waals surface area contributed by atoms with Crippen LogP contribution in [-0.4, -0.2) is 47.8 Å². The first-order valence-electron chi connectivity index (χ1n) is 19.1. The third-order valence-electron chi connectivity index (χ3n) is 8.24. The van der Waals surface area contributed by atoms with Crippen LogP contribution < -0.4 is 11.1 Å². The van der Waals surface area contributed by atoms with Crippen LogP contribution in [0.4, 0.5) is 0 Å². The minimum atomic E-state index is -4.34. The maximum atomic E-state index is 12.7. The van der Waals surface area contributed by atoms with E-state index in [1.165, 1.54) is 116 Å². The summed E-state index contributed by atoms with van der Waals surface area (Å²) < 4.78 is 21.9. The summed E-state index contributed by atoms with van der Waals surface area (Å²) >= 11 is 0. The molecule has 0 aliphatic carbocycles. The van der Waals surface area contributed by atoms with Crippen molar-refractivity contribution in [2.75, 3.05) is 19.8 Å². The highest BCUT2D eigenvalue weighted by Gasteiger charge is 2.26. The van der Waals surface area contributed by atoms with Gasteiger partial charge >= 0.3 is 7.82 Å². The molecule has 0 fully saturated rings. The molecule has 5 N–H and O–H groups in total. The van der Waals surface area contributed by atoms with Gasteiger partial charge in [0.2, 0.25) is 5.91 Å². The Kier molecular flexibility index (Phi) is 33.6. The number of allylic oxidation sites excluding steroid dienone is 5. The van der Waals surface area contributed by atoms with Gasteiger partial charge in [0.1, 0.15) is 0 Å². The lowest BCUT2D eigenvalue weighted by Gasteiger charge is -2.23. The van der Waals surface area contributed by atoms with Gasteiger partial charge < -0.3 is 21.1 Å². The Morgan fingerprint density at radius 2 is 1.17 bits per heavy atom. The molecule has 0 aliphatic heterocycles. The van der Waals surface area contributed by atoms with Crippen molar-refractivity contribution in [1.29, 1.82) is 0 Å². The highest BCUT2D eigenvalue weighted by Crippen LogP contribution is 2.43. The smallest absolute Gasteiger partial charge is 0.387 e. The van der Waals surface area contributed by atoms with E-state index in [1.54, 1.807) is 12.2 Å². The Bertz CT molecular complexity index is 835. The number of carbonyl (C=O) groups excluding carboxylic acids is 1. The van der Waals surface area contributed by atoms with Crippen molar-refractivity contribution >= 4 is 13.7 Å². The zero-order valence-corrected chi connectivity index (χ0v) is 31.2. The van der Waals surface area contributed by atoms with Crippen LogP contribution in [0, 0.1) is 0 Å². The number of aliphatic hydroxyl groups is 1.